The zero-order valence-corrected chi connectivity index (χ0v) is 15.2. The van der Waals surface area contributed by atoms with Gasteiger partial charge in [0.15, 0.2) is 0 Å². The van der Waals surface area contributed by atoms with Gasteiger partial charge in [-0.2, -0.15) is 0 Å². The molecule has 2 amide bonds. The van der Waals surface area contributed by atoms with E-state index in [0.29, 0.717) is 12.8 Å². The van der Waals surface area contributed by atoms with Crippen LogP contribution in [0, 0.1) is 33.1 Å². The number of carbonyl (C=O) groups is 2. The van der Waals surface area contributed by atoms with E-state index < -0.39 is 5.41 Å². The highest BCUT2D eigenvalue weighted by Crippen LogP contribution is 2.47. The predicted octanol–water partition coefficient (Wildman–Crippen LogP) is 4.28. The molecule has 0 atom stereocenters. The fourth-order valence-corrected chi connectivity index (χ4v) is 2.92. The van der Waals surface area contributed by atoms with Gasteiger partial charge in [0.25, 0.3) is 0 Å². The van der Waals surface area contributed by atoms with E-state index in [1.807, 2.05) is 64.1 Å². The summed E-state index contributed by atoms with van der Waals surface area (Å²) in [7, 11) is 0. The fraction of sp³-hybridized carbons (Fsp3) is 0.333. The maximum Gasteiger partial charge on any atom is 0.240 e. The number of nitrogens with one attached hydrogen (secondary N) is 2. The lowest BCUT2D eigenvalue weighted by Gasteiger charge is -2.18. The van der Waals surface area contributed by atoms with Gasteiger partial charge in [-0.05, 0) is 74.9 Å². The largest absolute Gasteiger partial charge is 0.325 e. The van der Waals surface area contributed by atoms with E-state index in [1.165, 1.54) is 0 Å². The highest BCUT2D eigenvalue weighted by molar-refractivity contribution is 6.17. The van der Waals surface area contributed by atoms with Crippen LogP contribution >= 0.6 is 0 Å². The molecule has 0 aliphatic heterocycles. The van der Waals surface area contributed by atoms with E-state index in [2.05, 4.69) is 10.6 Å². The molecule has 0 spiro atoms. The number of carbonyl (C=O) groups excluding carboxylic acids is 2. The summed E-state index contributed by atoms with van der Waals surface area (Å²) in [5.41, 5.74) is 4.80. The van der Waals surface area contributed by atoms with Crippen LogP contribution < -0.4 is 10.6 Å². The highest BCUT2D eigenvalue weighted by Gasteiger charge is 2.56. The molecule has 1 aliphatic rings. The van der Waals surface area contributed by atoms with Crippen LogP contribution in [-0.2, 0) is 9.59 Å². The summed E-state index contributed by atoms with van der Waals surface area (Å²) < 4.78 is 0. The van der Waals surface area contributed by atoms with Crippen molar-refractivity contribution >= 4 is 23.2 Å². The number of rotatable bonds is 4. The van der Waals surface area contributed by atoms with Crippen molar-refractivity contribution in [1.82, 2.24) is 0 Å². The quantitative estimate of drug-likeness (QED) is 0.819. The number of benzene rings is 2. The fourth-order valence-electron chi connectivity index (χ4n) is 2.92. The summed E-state index contributed by atoms with van der Waals surface area (Å²) in [5.74, 6) is -0.437. The van der Waals surface area contributed by atoms with Crippen molar-refractivity contribution in [1.29, 1.82) is 0 Å². The molecule has 0 saturated heterocycles. The Hall–Kier alpha value is -2.62. The van der Waals surface area contributed by atoms with Crippen molar-refractivity contribution in [3.8, 4) is 0 Å². The van der Waals surface area contributed by atoms with Gasteiger partial charge in [0, 0.05) is 11.4 Å². The van der Waals surface area contributed by atoms with Crippen LogP contribution in [0.25, 0.3) is 0 Å². The second-order valence-electron chi connectivity index (χ2n) is 7.06. The first-order valence-electron chi connectivity index (χ1n) is 8.60. The molecule has 4 heteroatoms. The Morgan fingerprint density at radius 2 is 1.48 bits per heavy atom. The van der Waals surface area contributed by atoms with E-state index in [4.69, 9.17) is 0 Å². The Balaban J connectivity index is 1.77. The Kier molecular flexibility index (Phi) is 4.38. The average Bonchev–Trinajstić information content (AvgIpc) is 3.37. The normalized spacial score (nSPS) is 14.7. The van der Waals surface area contributed by atoms with Crippen LogP contribution in [0.2, 0.25) is 0 Å². The van der Waals surface area contributed by atoms with E-state index in [0.717, 1.165) is 33.6 Å². The second kappa shape index (κ2) is 6.36. The molecule has 2 aromatic rings. The number of hydrogen-bond donors (Lipinski definition) is 2. The molecular weight excluding hydrogens is 312 g/mol. The molecule has 0 aromatic heterocycles. The minimum Gasteiger partial charge on any atom is -0.325 e. The van der Waals surface area contributed by atoms with Gasteiger partial charge in [0.1, 0.15) is 5.41 Å². The van der Waals surface area contributed by atoms with Gasteiger partial charge in [-0.3, -0.25) is 9.59 Å². The number of anilines is 2. The molecule has 0 unspecified atom stereocenters. The van der Waals surface area contributed by atoms with Gasteiger partial charge in [-0.1, -0.05) is 24.3 Å². The molecule has 1 fully saturated rings. The lowest BCUT2D eigenvalue weighted by molar-refractivity contribution is -0.131. The molecule has 1 aliphatic carbocycles. The summed E-state index contributed by atoms with van der Waals surface area (Å²) in [5, 5.41) is 5.89. The van der Waals surface area contributed by atoms with Crippen molar-refractivity contribution in [2.45, 2.75) is 40.5 Å². The molecule has 3 rings (SSSR count). The van der Waals surface area contributed by atoms with Crippen molar-refractivity contribution in [3.05, 3.63) is 58.7 Å². The van der Waals surface area contributed by atoms with Crippen molar-refractivity contribution in [2.24, 2.45) is 5.41 Å². The molecule has 2 aromatic carbocycles. The van der Waals surface area contributed by atoms with Gasteiger partial charge in [-0.25, -0.2) is 0 Å². The van der Waals surface area contributed by atoms with Crippen LogP contribution in [0.1, 0.15) is 35.1 Å². The monoisotopic (exact) mass is 336 g/mol. The summed E-state index contributed by atoms with van der Waals surface area (Å²) in [4.78, 5) is 25.5. The first-order valence-corrected chi connectivity index (χ1v) is 8.60. The first kappa shape index (κ1) is 17.2. The summed E-state index contributed by atoms with van der Waals surface area (Å²) in [6, 6.07) is 11.7. The maximum absolute atomic E-state index is 12.8. The summed E-state index contributed by atoms with van der Waals surface area (Å²) in [6.07, 6.45) is 1.17. The minimum atomic E-state index is -0.952. The maximum atomic E-state index is 12.8. The Bertz CT molecular complexity index is 833. The standard InChI is InChI=1S/C21H24N2O2/c1-13-8-9-15(3)18(12-13)23-20(25)21(10-11-21)19(24)22-17-7-5-6-14(2)16(17)4/h5-9,12H,10-11H2,1-4H3,(H,22,24)(H,23,25). The van der Waals surface area contributed by atoms with Crippen LogP contribution in [-0.4, -0.2) is 11.8 Å². The lowest BCUT2D eigenvalue weighted by atomic mass is 10.0. The molecule has 4 nitrogen and oxygen atoms in total. The number of aryl methyl sites for hydroxylation is 3. The number of hydrogen-bond acceptors (Lipinski definition) is 2. The Morgan fingerprint density at radius 1 is 0.840 bits per heavy atom. The third-order valence-electron chi connectivity index (χ3n) is 5.11. The smallest absolute Gasteiger partial charge is 0.240 e. The third-order valence-corrected chi connectivity index (χ3v) is 5.11. The molecular formula is C21H24N2O2. The van der Waals surface area contributed by atoms with Crippen molar-refractivity contribution in [2.75, 3.05) is 10.6 Å². The first-order chi connectivity index (χ1) is 11.8. The van der Waals surface area contributed by atoms with Gasteiger partial charge >= 0.3 is 0 Å². The zero-order chi connectivity index (χ0) is 18.2. The average molecular weight is 336 g/mol. The van der Waals surface area contributed by atoms with Crippen LogP contribution in [0.15, 0.2) is 36.4 Å². The van der Waals surface area contributed by atoms with Gasteiger partial charge in [-0.15, -0.1) is 0 Å². The molecule has 25 heavy (non-hydrogen) atoms. The third kappa shape index (κ3) is 3.29. The Labute approximate surface area is 148 Å². The van der Waals surface area contributed by atoms with Crippen molar-refractivity contribution < 1.29 is 9.59 Å². The van der Waals surface area contributed by atoms with E-state index in [-0.39, 0.29) is 11.8 Å². The molecule has 1 saturated carbocycles. The molecule has 2 N–H and O–H groups in total. The lowest BCUT2D eigenvalue weighted by Crippen LogP contribution is -2.36. The molecule has 0 heterocycles. The second-order valence-corrected chi connectivity index (χ2v) is 7.06. The van der Waals surface area contributed by atoms with E-state index >= 15 is 0 Å². The molecule has 0 radical (unpaired) electrons. The van der Waals surface area contributed by atoms with E-state index in [9.17, 15) is 9.59 Å². The van der Waals surface area contributed by atoms with Gasteiger partial charge < -0.3 is 10.6 Å². The van der Waals surface area contributed by atoms with Crippen LogP contribution in [0.3, 0.4) is 0 Å². The van der Waals surface area contributed by atoms with Gasteiger partial charge in [0.05, 0.1) is 0 Å². The summed E-state index contributed by atoms with van der Waals surface area (Å²) in [6.45, 7) is 7.91. The topological polar surface area (TPSA) is 58.2 Å². The Morgan fingerprint density at radius 3 is 2.12 bits per heavy atom. The van der Waals surface area contributed by atoms with Gasteiger partial charge in [0.2, 0.25) is 11.8 Å². The van der Waals surface area contributed by atoms with Crippen LogP contribution in [0.5, 0.6) is 0 Å². The highest BCUT2D eigenvalue weighted by atomic mass is 16.2. The SMILES string of the molecule is Cc1ccc(C)c(NC(=O)C2(C(=O)Nc3cccc(C)c3C)CC2)c1. The van der Waals surface area contributed by atoms with Crippen LogP contribution in [0.4, 0.5) is 11.4 Å². The number of amides is 2. The summed E-state index contributed by atoms with van der Waals surface area (Å²) >= 11 is 0. The minimum absolute atomic E-state index is 0.219. The van der Waals surface area contributed by atoms with Crippen molar-refractivity contribution in [3.63, 3.8) is 0 Å². The zero-order valence-electron chi connectivity index (χ0n) is 15.2. The predicted molar refractivity (Wildman–Crippen MR) is 101 cm³/mol. The molecule has 0 bridgehead atoms. The molecule has 130 valence electrons. The van der Waals surface area contributed by atoms with E-state index in [1.54, 1.807) is 0 Å².